The van der Waals surface area contributed by atoms with Crippen molar-refractivity contribution in [2.75, 3.05) is 24.2 Å². The number of hydrogen-bond acceptors (Lipinski definition) is 6. The minimum Gasteiger partial charge on any atom is -0.381 e. The van der Waals surface area contributed by atoms with E-state index >= 15 is 0 Å². The highest BCUT2D eigenvalue weighted by Gasteiger charge is 2.44. The van der Waals surface area contributed by atoms with Crippen molar-refractivity contribution < 1.29 is 22.8 Å². The highest BCUT2D eigenvalue weighted by Crippen LogP contribution is 2.40. The molecule has 0 aliphatic carbocycles. The topological polar surface area (TPSA) is 101 Å². The number of benzene rings is 2. The van der Waals surface area contributed by atoms with Crippen molar-refractivity contribution in [2.45, 2.75) is 10.5 Å². The fourth-order valence-electron chi connectivity index (χ4n) is 2.85. The number of aliphatic hydroxyl groups is 1. The molecule has 1 fully saturated rings. The lowest BCUT2D eigenvalue weighted by molar-refractivity contribution is -0.384. The molecular weight excluding hydrogens is 351 g/mol. The molecule has 1 saturated heterocycles. The summed E-state index contributed by atoms with van der Waals surface area (Å²) in [4.78, 5) is 12.1. The summed E-state index contributed by atoms with van der Waals surface area (Å²) >= 11 is 0. The molecule has 9 heteroatoms. The van der Waals surface area contributed by atoms with Crippen LogP contribution in [0.2, 0.25) is 0 Å². The van der Waals surface area contributed by atoms with Crippen LogP contribution < -0.4 is 4.90 Å². The predicted octanol–water partition coefficient (Wildman–Crippen LogP) is 1.85. The molecule has 0 saturated carbocycles. The summed E-state index contributed by atoms with van der Waals surface area (Å²) in [5.74, 6) is -0.421. The van der Waals surface area contributed by atoms with Gasteiger partial charge >= 0.3 is 0 Å². The first-order chi connectivity index (χ1) is 11.6. The Morgan fingerprint density at radius 2 is 1.80 bits per heavy atom. The van der Waals surface area contributed by atoms with Crippen molar-refractivity contribution in [1.29, 1.82) is 0 Å². The van der Waals surface area contributed by atoms with E-state index in [4.69, 9.17) is 0 Å². The molecule has 1 N–H and O–H groups in total. The van der Waals surface area contributed by atoms with Gasteiger partial charge in [-0.15, -0.1) is 0 Å². The molecule has 7 nitrogen and oxygen atoms in total. The average molecular weight is 366 g/mol. The van der Waals surface area contributed by atoms with Crippen LogP contribution >= 0.6 is 0 Å². The van der Waals surface area contributed by atoms with E-state index in [0.717, 1.165) is 12.3 Å². The van der Waals surface area contributed by atoms with E-state index in [-0.39, 0.29) is 29.4 Å². The van der Waals surface area contributed by atoms with Crippen molar-refractivity contribution in [3.8, 4) is 0 Å². The average Bonchev–Trinajstić information content (AvgIpc) is 2.51. The molecule has 0 atom stereocenters. The normalized spacial score (nSPS) is 16.4. The lowest BCUT2D eigenvalue weighted by atomic mass is 9.85. The van der Waals surface area contributed by atoms with Crippen LogP contribution in [0.5, 0.6) is 0 Å². The third-order valence-corrected chi connectivity index (χ3v) is 5.31. The standard InChI is InChI=1S/C16H15FN2O5S/c1-25(23,24)13-6-7-14(15(8-13)19(21)22)18-9-16(20,10-18)11-2-4-12(17)5-3-11/h2-8,20H,9-10H2,1H3. The van der Waals surface area contributed by atoms with Gasteiger partial charge in [0.2, 0.25) is 0 Å². The third-order valence-electron chi connectivity index (χ3n) is 4.20. The van der Waals surface area contributed by atoms with E-state index in [1.165, 1.54) is 36.4 Å². The number of β-amino-alcohol motifs (C(OH)–C–C–N with tert-alkyl or cyclic N) is 1. The van der Waals surface area contributed by atoms with E-state index in [0.29, 0.717) is 5.56 Å². The van der Waals surface area contributed by atoms with Gasteiger partial charge in [0.25, 0.3) is 5.69 Å². The Kier molecular flexibility index (Phi) is 4.00. The summed E-state index contributed by atoms with van der Waals surface area (Å²) < 4.78 is 36.2. The van der Waals surface area contributed by atoms with Crippen LogP contribution in [0.25, 0.3) is 0 Å². The first-order valence-electron chi connectivity index (χ1n) is 7.32. The van der Waals surface area contributed by atoms with Crippen LogP contribution in [-0.4, -0.2) is 37.8 Å². The summed E-state index contributed by atoms with van der Waals surface area (Å²) in [5, 5.41) is 21.9. The molecule has 2 aromatic carbocycles. The van der Waals surface area contributed by atoms with Gasteiger partial charge in [0.05, 0.1) is 22.9 Å². The van der Waals surface area contributed by atoms with Crippen molar-refractivity contribution in [3.05, 3.63) is 64.0 Å². The molecule has 0 radical (unpaired) electrons. The first-order valence-corrected chi connectivity index (χ1v) is 9.21. The number of anilines is 1. The highest BCUT2D eigenvalue weighted by molar-refractivity contribution is 7.90. The van der Waals surface area contributed by atoms with Gasteiger partial charge < -0.3 is 10.0 Å². The van der Waals surface area contributed by atoms with Crippen LogP contribution in [0.15, 0.2) is 47.4 Å². The van der Waals surface area contributed by atoms with Crippen molar-refractivity contribution >= 4 is 21.2 Å². The van der Waals surface area contributed by atoms with Crippen molar-refractivity contribution in [1.82, 2.24) is 0 Å². The Balaban J connectivity index is 1.89. The van der Waals surface area contributed by atoms with Crippen LogP contribution in [0.4, 0.5) is 15.8 Å². The van der Waals surface area contributed by atoms with Gasteiger partial charge in [0, 0.05) is 12.3 Å². The number of halogens is 1. The maximum atomic E-state index is 13.0. The molecule has 0 aromatic heterocycles. The van der Waals surface area contributed by atoms with Gasteiger partial charge in [-0.3, -0.25) is 10.1 Å². The largest absolute Gasteiger partial charge is 0.381 e. The smallest absolute Gasteiger partial charge is 0.293 e. The Bertz CT molecular complexity index is 937. The molecule has 25 heavy (non-hydrogen) atoms. The molecule has 1 aliphatic rings. The second kappa shape index (κ2) is 5.78. The number of hydrogen-bond donors (Lipinski definition) is 1. The Hall–Kier alpha value is -2.52. The number of nitro groups is 1. The molecule has 0 amide bonds. The second-order valence-corrected chi connectivity index (χ2v) is 8.09. The molecule has 1 aliphatic heterocycles. The zero-order valence-corrected chi connectivity index (χ0v) is 14.0. The van der Waals surface area contributed by atoms with Crippen LogP contribution in [0, 0.1) is 15.9 Å². The minimum absolute atomic E-state index is 0.0810. The van der Waals surface area contributed by atoms with Crippen LogP contribution in [-0.2, 0) is 15.4 Å². The molecule has 3 rings (SSSR count). The fourth-order valence-corrected chi connectivity index (χ4v) is 3.49. The van der Waals surface area contributed by atoms with Gasteiger partial charge in [-0.1, -0.05) is 12.1 Å². The zero-order chi connectivity index (χ0) is 18.4. The minimum atomic E-state index is -3.57. The number of nitrogens with zero attached hydrogens (tertiary/aromatic N) is 2. The summed E-state index contributed by atoms with van der Waals surface area (Å²) in [6.07, 6.45) is 0.975. The molecular formula is C16H15FN2O5S. The maximum absolute atomic E-state index is 13.0. The van der Waals surface area contributed by atoms with Crippen molar-refractivity contribution in [2.24, 2.45) is 0 Å². The van der Waals surface area contributed by atoms with Crippen LogP contribution in [0.3, 0.4) is 0 Å². The van der Waals surface area contributed by atoms with Gasteiger partial charge in [0.1, 0.15) is 17.1 Å². The SMILES string of the molecule is CS(=O)(=O)c1ccc(N2CC(O)(c3ccc(F)cc3)C2)c([N+](=O)[O-])c1. The maximum Gasteiger partial charge on any atom is 0.293 e. The van der Waals surface area contributed by atoms with Gasteiger partial charge in [0.15, 0.2) is 9.84 Å². The van der Waals surface area contributed by atoms with E-state index in [1.807, 2.05) is 0 Å². The van der Waals surface area contributed by atoms with E-state index in [2.05, 4.69) is 0 Å². The summed E-state index contributed by atoms with van der Waals surface area (Å²) in [7, 11) is -3.57. The molecule has 132 valence electrons. The Morgan fingerprint density at radius 1 is 1.20 bits per heavy atom. The zero-order valence-electron chi connectivity index (χ0n) is 13.2. The van der Waals surface area contributed by atoms with E-state index in [1.54, 1.807) is 4.90 Å². The highest BCUT2D eigenvalue weighted by atomic mass is 32.2. The Morgan fingerprint density at radius 3 is 2.32 bits per heavy atom. The predicted molar refractivity (Wildman–Crippen MR) is 88.7 cm³/mol. The van der Waals surface area contributed by atoms with Gasteiger partial charge in [-0.2, -0.15) is 0 Å². The lowest BCUT2D eigenvalue weighted by Gasteiger charge is -2.47. The summed E-state index contributed by atoms with van der Waals surface area (Å²) in [6.45, 7) is 0.162. The second-order valence-electron chi connectivity index (χ2n) is 6.07. The van der Waals surface area contributed by atoms with E-state index < -0.39 is 26.2 Å². The van der Waals surface area contributed by atoms with Gasteiger partial charge in [-0.25, -0.2) is 12.8 Å². The molecule has 0 unspecified atom stereocenters. The molecule has 2 aromatic rings. The van der Waals surface area contributed by atoms with Crippen molar-refractivity contribution in [3.63, 3.8) is 0 Å². The first kappa shape index (κ1) is 17.3. The molecule has 1 heterocycles. The Labute approximate surface area is 143 Å². The summed E-state index contributed by atoms with van der Waals surface area (Å²) in [5.41, 5.74) is -0.842. The lowest BCUT2D eigenvalue weighted by Crippen LogP contribution is -2.59. The quantitative estimate of drug-likeness (QED) is 0.655. The number of nitro benzene ring substituents is 1. The molecule has 0 bridgehead atoms. The van der Waals surface area contributed by atoms with Crippen LogP contribution in [0.1, 0.15) is 5.56 Å². The third kappa shape index (κ3) is 3.20. The van der Waals surface area contributed by atoms with Gasteiger partial charge in [-0.05, 0) is 29.8 Å². The van der Waals surface area contributed by atoms with E-state index in [9.17, 15) is 28.0 Å². The fraction of sp³-hybridized carbons (Fsp3) is 0.250. The number of rotatable bonds is 4. The molecule has 0 spiro atoms. The summed E-state index contributed by atoms with van der Waals surface area (Å²) in [6, 6.07) is 9.08. The number of sulfone groups is 1. The monoisotopic (exact) mass is 366 g/mol.